The van der Waals surface area contributed by atoms with Gasteiger partial charge in [-0.25, -0.2) is 22.2 Å². The first-order chi connectivity index (χ1) is 18.1. The highest BCUT2D eigenvalue weighted by atomic mass is 35.5. The molecular formula is C23H25ClF2N4O7S. The summed E-state index contributed by atoms with van der Waals surface area (Å²) in [7, 11) is -3.15. The van der Waals surface area contributed by atoms with Gasteiger partial charge in [-0.3, -0.25) is 0 Å². The fourth-order valence-corrected chi connectivity index (χ4v) is 5.14. The zero-order chi connectivity index (χ0) is 27.0. The Balaban J connectivity index is 1.23. The molecule has 15 heteroatoms. The van der Waals surface area contributed by atoms with Crippen molar-refractivity contribution in [2.24, 2.45) is 0 Å². The van der Waals surface area contributed by atoms with E-state index in [1.165, 1.54) is 0 Å². The number of pyridine rings is 1. The minimum absolute atomic E-state index is 0.00242. The molecule has 5 rings (SSSR count). The normalized spacial score (nSPS) is 23.1. The van der Waals surface area contributed by atoms with Gasteiger partial charge >= 0.3 is 0 Å². The summed E-state index contributed by atoms with van der Waals surface area (Å²) in [6, 6.07) is 3.76. The molecule has 0 bridgehead atoms. The molecule has 4 heterocycles. The van der Waals surface area contributed by atoms with Crippen molar-refractivity contribution in [2.45, 2.75) is 37.4 Å². The average molecular weight is 575 g/mol. The van der Waals surface area contributed by atoms with E-state index in [1.54, 1.807) is 6.07 Å². The lowest BCUT2D eigenvalue weighted by atomic mass is 10.1. The van der Waals surface area contributed by atoms with E-state index >= 15 is 0 Å². The Hall–Kier alpha value is -2.78. The quantitative estimate of drug-likeness (QED) is 0.308. The molecule has 4 atom stereocenters. The molecule has 2 saturated heterocycles. The Morgan fingerprint density at radius 3 is 2.66 bits per heavy atom. The van der Waals surface area contributed by atoms with Gasteiger partial charge in [0.2, 0.25) is 0 Å². The molecule has 3 aromatic rings. The van der Waals surface area contributed by atoms with E-state index in [4.69, 9.17) is 30.5 Å². The maximum atomic E-state index is 14.6. The lowest BCUT2D eigenvalue weighted by Gasteiger charge is -2.15. The molecule has 0 unspecified atom stereocenters. The number of rotatable bonds is 10. The number of nitrogens with one attached hydrogen (secondary N) is 2. The number of ether oxygens (including phenoxy) is 4. The predicted octanol–water partition coefficient (Wildman–Crippen LogP) is 2.22. The van der Waals surface area contributed by atoms with Crippen LogP contribution in [-0.4, -0.2) is 84.7 Å². The minimum Gasteiger partial charge on any atom is -0.493 e. The maximum absolute atomic E-state index is 14.6. The topological polar surface area (TPSA) is 145 Å². The third-order valence-electron chi connectivity index (χ3n) is 6.13. The van der Waals surface area contributed by atoms with E-state index in [2.05, 4.69) is 20.3 Å². The second-order valence-corrected chi connectivity index (χ2v) is 11.8. The summed E-state index contributed by atoms with van der Waals surface area (Å²) in [5.74, 6) is -1.67. The number of hydrogen-bond donors (Lipinski definition) is 3. The van der Waals surface area contributed by atoms with Crippen molar-refractivity contribution < 1.29 is 41.3 Å². The van der Waals surface area contributed by atoms with Gasteiger partial charge in [-0.15, -0.1) is 0 Å². The van der Waals surface area contributed by atoms with Crippen molar-refractivity contribution in [1.29, 1.82) is 0 Å². The average Bonchev–Trinajstić information content (AvgIpc) is 3.52. The van der Waals surface area contributed by atoms with E-state index in [1.807, 2.05) is 0 Å². The van der Waals surface area contributed by atoms with Crippen LogP contribution >= 0.6 is 11.6 Å². The summed E-state index contributed by atoms with van der Waals surface area (Å²) in [5, 5.41) is 12.9. The van der Waals surface area contributed by atoms with Crippen LogP contribution < -0.4 is 14.8 Å². The lowest BCUT2D eigenvalue weighted by Crippen LogP contribution is -2.34. The highest BCUT2D eigenvalue weighted by Crippen LogP contribution is 2.31. The molecule has 2 aliphatic rings. The fraction of sp³-hybridized carbons (Fsp3) is 0.478. The van der Waals surface area contributed by atoms with Gasteiger partial charge in [0, 0.05) is 30.5 Å². The number of hydrogen-bond acceptors (Lipinski definition) is 10. The third kappa shape index (κ3) is 5.94. The van der Waals surface area contributed by atoms with Crippen LogP contribution in [0.25, 0.3) is 11.2 Å². The van der Waals surface area contributed by atoms with Crippen molar-refractivity contribution in [3.63, 3.8) is 0 Å². The number of aromatic amines is 1. The van der Waals surface area contributed by atoms with Crippen LogP contribution in [0.2, 0.25) is 5.02 Å². The molecule has 0 amide bonds. The Bertz CT molecular complexity index is 1420. The number of anilines is 1. The zero-order valence-corrected chi connectivity index (χ0v) is 21.7. The number of H-pyrrole nitrogens is 1. The summed E-state index contributed by atoms with van der Waals surface area (Å²) < 4.78 is 73.8. The van der Waals surface area contributed by atoms with Gasteiger partial charge < -0.3 is 34.4 Å². The summed E-state index contributed by atoms with van der Waals surface area (Å²) in [5.41, 5.74) is 0.480. The van der Waals surface area contributed by atoms with Gasteiger partial charge in [-0.05, 0) is 12.5 Å². The number of halogens is 3. The van der Waals surface area contributed by atoms with Crippen molar-refractivity contribution in [3.8, 4) is 11.8 Å². The second kappa shape index (κ2) is 10.8. The van der Waals surface area contributed by atoms with E-state index in [0.717, 1.165) is 18.4 Å². The predicted molar refractivity (Wildman–Crippen MR) is 132 cm³/mol. The monoisotopic (exact) mass is 574 g/mol. The Labute approximate surface area is 221 Å². The molecule has 2 aromatic heterocycles. The molecule has 3 N–H and O–H groups in total. The summed E-state index contributed by atoms with van der Waals surface area (Å²) in [6.07, 6.45) is -0.740. The van der Waals surface area contributed by atoms with Crippen molar-refractivity contribution in [1.82, 2.24) is 15.0 Å². The van der Waals surface area contributed by atoms with Crippen LogP contribution in [0.3, 0.4) is 0 Å². The van der Waals surface area contributed by atoms with Crippen LogP contribution in [0.15, 0.2) is 18.2 Å². The molecule has 0 saturated carbocycles. The lowest BCUT2D eigenvalue weighted by molar-refractivity contribution is 0.00706. The van der Waals surface area contributed by atoms with E-state index in [-0.39, 0.29) is 72.4 Å². The van der Waals surface area contributed by atoms with Crippen molar-refractivity contribution in [2.75, 3.05) is 37.1 Å². The Morgan fingerprint density at radius 2 is 1.92 bits per heavy atom. The molecule has 11 nitrogen and oxygen atoms in total. The SMILES string of the molecule is CS(=O)(=O)CCCOc1cc(F)c(CNc2nc3nc(O[C@@H]4CO[C@H]5[C@@H]4OC[C@H]5O)[nH]c3cc2Cl)c(F)c1. The molecule has 38 heavy (non-hydrogen) atoms. The first-order valence-corrected chi connectivity index (χ1v) is 14.2. The number of sulfone groups is 1. The minimum atomic E-state index is -3.15. The highest BCUT2D eigenvalue weighted by molar-refractivity contribution is 7.90. The van der Waals surface area contributed by atoms with E-state index in [9.17, 15) is 22.3 Å². The number of aliphatic hydroxyl groups is 1. The molecule has 0 radical (unpaired) electrons. The molecule has 2 aliphatic heterocycles. The summed E-state index contributed by atoms with van der Waals surface area (Å²) in [6.45, 7) is 0.137. The van der Waals surface area contributed by atoms with E-state index < -0.39 is 45.9 Å². The smallest absolute Gasteiger partial charge is 0.296 e. The molecule has 0 aliphatic carbocycles. The van der Waals surface area contributed by atoms with Crippen molar-refractivity contribution >= 4 is 38.4 Å². The van der Waals surface area contributed by atoms with Gasteiger partial charge in [0.1, 0.15) is 51.4 Å². The molecule has 2 fully saturated rings. The largest absolute Gasteiger partial charge is 0.493 e. The molecular weight excluding hydrogens is 550 g/mol. The molecule has 206 valence electrons. The van der Waals surface area contributed by atoms with Crippen LogP contribution in [0.1, 0.15) is 12.0 Å². The molecule has 1 aromatic carbocycles. The van der Waals surface area contributed by atoms with Gasteiger partial charge in [-0.1, -0.05) is 11.6 Å². The summed E-state index contributed by atoms with van der Waals surface area (Å²) in [4.78, 5) is 11.6. The van der Waals surface area contributed by atoms with E-state index in [0.29, 0.717) is 5.52 Å². The number of aromatic nitrogens is 3. The first-order valence-electron chi connectivity index (χ1n) is 11.7. The number of aliphatic hydroxyl groups excluding tert-OH is 1. The second-order valence-electron chi connectivity index (χ2n) is 9.10. The number of imidazole rings is 1. The first kappa shape index (κ1) is 26.8. The zero-order valence-electron chi connectivity index (χ0n) is 20.1. The number of benzene rings is 1. The number of fused-ring (bicyclic) bond motifs is 2. The maximum Gasteiger partial charge on any atom is 0.296 e. The van der Waals surface area contributed by atoms with Crippen LogP contribution in [-0.2, 0) is 25.9 Å². The fourth-order valence-electron chi connectivity index (χ4n) is 4.28. The van der Waals surface area contributed by atoms with Gasteiger partial charge in [-0.2, -0.15) is 4.98 Å². The van der Waals surface area contributed by atoms with Crippen LogP contribution in [0.4, 0.5) is 14.6 Å². The third-order valence-corrected chi connectivity index (χ3v) is 7.44. The van der Waals surface area contributed by atoms with Crippen molar-refractivity contribution in [3.05, 3.63) is 40.4 Å². The number of nitrogens with zero attached hydrogens (tertiary/aromatic N) is 2. The van der Waals surface area contributed by atoms with Gasteiger partial charge in [0.25, 0.3) is 6.01 Å². The standard InChI is InChI=1S/C23H25ClF2N4O7S/c1-38(32,33)4-2-3-34-11-5-14(25)12(15(26)6-11)8-27-21-13(24)7-16-22(29-21)30-23(28-16)37-18-10-36-19-17(31)9-35-20(18)19/h5-7,17-20,31H,2-4,8-10H2,1H3,(H2,27,28,29,30)/t17-,18-,19-,20-/m1/s1. The van der Waals surface area contributed by atoms with Gasteiger partial charge in [0.15, 0.2) is 11.8 Å². The van der Waals surface area contributed by atoms with Crippen LogP contribution in [0.5, 0.6) is 11.8 Å². The highest BCUT2D eigenvalue weighted by Gasteiger charge is 2.48. The molecule has 0 spiro atoms. The summed E-state index contributed by atoms with van der Waals surface area (Å²) >= 11 is 6.31. The Morgan fingerprint density at radius 1 is 1.18 bits per heavy atom. The Kier molecular flexibility index (Phi) is 7.60. The van der Waals surface area contributed by atoms with Crippen LogP contribution in [0, 0.1) is 11.6 Å². The van der Waals surface area contributed by atoms with Gasteiger partial charge in [0.05, 0.1) is 36.1 Å².